The predicted octanol–water partition coefficient (Wildman–Crippen LogP) is 25.6. The number of hydrogen-bond donors (Lipinski definition) is 0. The number of fused-ring (bicyclic) bond motifs is 6. The summed E-state index contributed by atoms with van der Waals surface area (Å²) in [6.45, 7) is 28.8. The van der Waals surface area contributed by atoms with Gasteiger partial charge in [-0.05, 0) is 197 Å². The van der Waals surface area contributed by atoms with Crippen molar-refractivity contribution in [3.05, 3.63) is 284 Å². The highest BCUT2D eigenvalue weighted by molar-refractivity contribution is 7.64. The smallest absolute Gasteiger partial charge is 0.00199 e. The maximum absolute atomic E-state index is 2.47. The lowest BCUT2D eigenvalue weighted by molar-refractivity contribution is 0.590. The number of rotatable bonds is 7. The Morgan fingerprint density at radius 1 is 0.250 bits per heavy atom. The maximum atomic E-state index is 2.47. The molecule has 0 amide bonds. The van der Waals surface area contributed by atoms with Crippen molar-refractivity contribution in [1.82, 2.24) is 0 Å². The molecule has 0 radical (unpaired) electrons. The van der Waals surface area contributed by atoms with Gasteiger partial charge in [-0.3, -0.25) is 0 Å². The van der Waals surface area contributed by atoms with E-state index in [0.717, 1.165) is 0 Å². The van der Waals surface area contributed by atoms with E-state index in [4.69, 9.17) is 0 Å². The number of aryl methyl sites for hydroxylation is 1. The molecule has 0 bridgehead atoms. The fourth-order valence-electron chi connectivity index (χ4n) is 12.8. The second-order valence-electron chi connectivity index (χ2n) is 25.1. The van der Waals surface area contributed by atoms with Crippen LogP contribution < -0.4 is 5.30 Å². The molecule has 1 heteroatoms. The predicted molar refractivity (Wildman–Crippen MR) is 394 cm³/mol. The van der Waals surface area contributed by atoms with Crippen LogP contribution in [0.3, 0.4) is 0 Å². The average molecular weight is 1160 g/mol. The molecule has 0 aliphatic heterocycles. The quantitative estimate of drug-likeness (QED) is 0.110. The Balaban J connectivity index is 0.000000173. The van der Waals surface area contributed by atoms with E-state index in [0.29, 0.717) is 0 Å². The summed E-state index contributed by atoms with van der Waals surface area (Å²) in [5.74, 6) is 0. The molecule has 0 unspecified atom stereocenters. The molecule has 0 N–H and O–H groups in total. The van der Waals surface area contributed by atoms with Crippen molar-refractivity contribution in [2.24, 2.45) is 0 Å². The molecule has 14 aromatic rings. The Bertz CT molecular complexity index is 4770. The molecule has 0 heterocycles. The van der Waals surface area contributed by atoms with Gasteiger partial charge >= 0.3 is 0 Å². The van der Waals surface area contributed by atoms with E-state index < -0.39 is 0 Å². The van der Waals surface area contributed by atoms with Gasteiger partial charge in [0.05, 0.1) is 0 Å². The lowest BCUT2D eigenvalue weighted by Gasteiger charge is -2.25. The Labute approximate surface area is 525 Å². The third-order valence-electron chi connectivity index (χ3n) is 17.3. The Kier molecular flexibility index (Phi) is 17.8. The molecule has 436 valence electrons. The molecule has 0 fully saturated rings. The van der Waals surface area contributed by atoms with Crippen LogP contribution in [0.2, 0.25) is 0 Å². The molecule has 0 spiro atoms. The second kappa shape index (κ2) is 25.8. The normalized spacial score (nSPS) is 11.6. The summed E-state index contributed by atoms with van der Waals surface area (Å²) in [5.41, 5.74) is 19.4. The summed E-state index contributed by atoms with van der Waals surface area (Å²) in [4.78, 5) is 0. The fourth-order valence-corrected chi connectivity index (χ4v) is 13.5. The molecule has 88 heavy (non-hydrogen) atoms. The summed E-state index contributed by atoms with van der Waals surface area (Å²) in [6.07, 6.45) is 0. The van der Waals surface area contributed by atoms with Crippen LogP contribution in [0.5, 0.6) is 0 Å². The standard InChI is InChI=1S/C44H40.C39H31P.2C2H6/c1-43(2,3)33-24-26-38-39(27-33)41(32-21-19-30(20-22-32)29-13-8-7-9-14-29)37-25-23-34(44(4,5)6)28-40(37)42(38)36-18-12-16-31-15-10-11-17-35(31)36;1-26-16-22-35-36(24-26)38(30-19-17-28(18-20-30)27-10-5-4-6-11-27)34-23-21-31(40(2)3)25-37(34)39(35)33-15-9-13-29-12-7-8-14-32(29)33;2*1-2/h7-28H,1-6H3;4-25H,1-3H3;2*1-2H3. The van der Waals surface area contributed by atoms with Crippen molar-refractivity contribution in [3.8, 4) is 66.8 Å². The van der Waals surface area contributed by atoms with Crippen LogP contribution in [0.1, 0.15) is 85.9 Å². The average Bonchev–Trinajstić information content (AvgIpc) is 0.768. The van der Waals surface area contributed by atoms with Crippen molar-refractivity contribution < 1.29 is 0 Å². The van der Waals surface area contributed by atoms with Gasteiger partial charge in [0.25, 0.3) is 0 Å². The first-order valence-corrected chi connectivity index (χ1v) is 33.9. The van der Waals surface area contributed by atoms with Crippen LogP contribution in [0, 0.1) is 6.92 Å². The van der Waals surface area contributed by atoms with Crippen molar-refractivity contribution in [1.29, 1.82) is 0 Å². The molecule has 0 saturated heterocycles. The maximum Gasteiger partial charge on any atom is -0.00199 e. The van der Waals surface area contributed by atoms with Gasteiger partial charge < -0.3 is 0 Å². The first-order valence-electron chi connectivity index (χ1n) is 31.7. The summed E-state index contributed by atoms with van der Waals surface area (Å²) < 4.78 is 0. The van der Waals surface area contributed by atoms with Crippen LogP contribution in [-0.2, 0) is 10.8 Å². The molecular formula is C87H83P. The lowest BCUT2D eigenvalue weighted by Crippen LogP contribution is -2.11. The van der Waals surface area contributed by atoms with E-state index in [1.165, 1.54) is 153 Å². The van der Waals surface area contributed by atoms with Crippen LogP contribution in [0.15, 0.2) is 267 Å². The summed E-state index contributed by atoms with van der Waals surface area (Å²) in [6, 6.07) is 99.2. The van der Waals surface area contributed by atoms with E-state index >= 15 is 0 Å². The van der Waals surface area contributed by atoms with Crippen LogP contribution in [-0.4, -0.2) is 13.3 Å². The molecule has 14 rings (SSSR count). The van der Waals surface area contributed by atoms with Gasteiger partial charge in [-0.1, -0.05) is 331 Å². The SMILES string of the molecule is CC.CC.CC(C)(C)c1ccc2c(-c3cccc4ccccc34)c3cc(C(C)(C)C)ccc3c(-c3ccc(-c4ccccc4)cc3)c2c1.Cc1ccc2c(-c3cccc4ccccc34)c3cc(P(C)C)ccc3c(-c3ccc(-c4ccccc4)cc3)c2c1. The minimum absolute atomic E-state index is 0.0345. The van der Waals surface area contributed by atoms with Gasteiger partial charge in [-0.25, -0.2) is 0 Å². The third-order valence-corrected chi connectivity index (χ3v) is 18.6. The largest absolute Gasteiger partial charge is 0.0817 e. The van der Waals surface area contributed by atoms with Crippen LogP contribution in [0.25, 0.3) is 131 Å². The summed E-state index contributed by atoms with van der Waals surface area (Å²) in [5, 5.41) is 17.1. The third kappa shape index (κ3) is 12.0. The summed E-state index contributed by atoms with van der Waals surface area (Å²) >= 11 is 0. The number of hydrogen-bond acceptors (Lipinski definition) is 0. The fraction of sp³-hybridized carbons (Fsp3) is 0.172. The molecular weight excluding hydrogens is 1080 g/mol. The summed E-state index contributed by atoms with van der Waals surface area (Å²) in [7, 11) is -0.227. The minimum Gasteiger partial charge on any atom is -0.0817 e. The van der Waals surface area contributed by atoms with Crippen LogP contribution in [0.4, 0.5) is 0 Å². The van der Waals surface area contributed by atoms with Gasteiger partial charge in [0.2, 0.25) is 0 Å². The Hall–Kier alpha value is -8.93. The van der Waals surface area contributed by atoms with Gasteiger partial charge in [-0.2, -0.15) is 0 Å². The van der Waals surface area contributed by atoms with Gasteiger partial charge in [0, 0.05) is 0 Å². The highest BCUT2D eigenvalue weighted by Gasteiger charge is 2.25. The molecule has 0 aliphatic rings. The van der Waals surface area contributed by atoms with E-state index in [9.17, 15) is 0 Å². The van der Waals surface area contributed by atoms with Gasteiger partial charge in [-0.15, -0.1) is 0 Å². The van der Waals surface area contributed by atoms with Crippen molar-refractivity contribution >= 4 is 77.9 Å². The monoisotopic (exact) mass is 1160 g/mol. The van der Waals surface area contributed by atoms with Gasteiger partial charge in [0.1, 0.15) is 0 Å². The molecule has 0 atom stereocenters. The van der Waals surface area contributed by atoms with Crippen molar-refractivity contribution in [2.75, 3.05) is 13.3 Å². The van der Waals surface area contributed by atoms with Gasteiger partial charge in [0.15, 0.2) is 0 Å². The zero-order valence-electron chi connectivity index (χ0n) is 53.9. The van der Waals surface area contributed by atoms with E-state index in [-0.39, 0.29) is 18.8 Å². The zero-order valence-corrected chi connectivity index (χ0v) is 54.7. The molecule has 0 nitrogen and oxygen atoms in total. The Morgan fingerprint density at radius 3 is 1.01 bits per heavy atom. The molecule has 14 aromatic carbocycles. The van der Waals surface area contributed by atoms with Crippen LogP contribution >= 0.6 is 7.92 Å². The van der Waals surface area contributed by atoms with E-state index in [2.05, 4.69) is 329 Å². The molecule has 0 aromatic heterocycles. The molecule has 0 saturated carbocycles. The number of benzene rings is 14. The van der Waals surface area contributed by atoms with E-state index in [1.807, 2.05) is 27.7 Å². The highest BCUT2D eigenvalue weighted by atomic mass is 31.1. The molecule has 0 aliphatic carbocycles. The lowest BCUT2D eigenvalue weighted by atomic mass is 9.79. The first kappa shape index (κ1) is 60.7. The second-order valence-corrected chi connectivity index (χ2v) is 27.4. The first-order chi connectivity index (χ1) is 42.7. The van der Waals surface area contributed by atoms with E-state index in [1.54, 1.807) is 0 Å². The highest BCUT2D eigenvalue weighted by Crippen LogP contribution is 2.49. The topological polar surface area (TPSA) is 0 Å². The van der Waals surface area contributed by atoms with Crippen molar-refractivity contribution in [2.45, 2.75) is 87.0 Å². The minimum atomic E-state index is -0.227. The zero-order chi connectivity index (χ0) is 61.9. The van der Waals surface area contributed by atoms with Crippen molar-refractivity contribution in [3.63, 3.8) is 0 Å². The Morgan fingerprint density at radius 2 is 0.580 bits per heavy atom.